The number of carbonyl (C=O) groups is 1. The molecule has 2 N–H and O–H groups in total. The average molecular weight is 704 g/mol. The standard InChI is InChI=1S/C32H33ClN6O5S2.Na/c1-32(2,3)28-20-45-30(35-28)19-43-24-8-4-7-22(17-24)31(40)34-26-16-21(9-14-27(26)44-18-29-36-38-39-37-29)6-5-15-46(41,42)25-12-10-23(33)11-13-25;/h4,7-14,16-17,20H,5-6,15,18-19H2,1-3H3,(H,34,40)(H,36,37,38,39);/q;+1. The number of halogens is 1. The first-order chi connectivity index (χ1) is 22.0. The Balaban J connectivity index is 0.00000500. The molecule has 0 bridgehead atoms. The minimum atomic E-state index is -3.48. The molecule has 240 valence electrons. The molecular weight excluding hydrogens is 671 g/mol. The summed E-state index contributed by atoms with van der Waals surface area (Å²) < 4.78 is 37.5. The van der Waals surface area contributed by atoms with Crippen LogP contribution in [-0.4, -0.2) is 45.7 Å². The van der Waals surface area contributed by atoms with E-state index in [0.29, 0.717) is 46.4 Å². The molecule has 0 saturated heterocycles. The maximum Gasteiger partial charge on any atom is 1.00 e. The van der Waals surface area contributed by atoms with Gasteiger partial charge in [0.2, 0.25) is 5.82 Å². The van der Waals surface area contributed by atoms with Crippen molar-refractivity contribution in [2.45, 2.75) is 57.1 Å². The molecule has 3 aromatic carbocycles. The molecule has 0 radical (unpaired) electrons. The minimum absolute atomic E-state index is 0. The van der Waals surface area contributed by atoms with E-state index < -0.39 is 9.84 Å². The van der Waals surface area contributed by atoms with Crippen LogP contribution in [0.1, 0.15) is 59.6 Å². The first kappa shape index (κ1) is 36.5. The Morgan fingerprint density at radius 2 is 1.81 bits per heavy atom. The van der Waals surface area contributed by atoms with Crippen LogP contribution in [0.5, 0.6) is 11.5 Å². The second-order valence-corrected chi connectivity index (χ2v) is 15.0. The van der Waals surface area contributed by atoms with Crippen LogP contribution in [-0.2, 0) is 34.9 Å². The summed E-state index contributed by atoms with van der Waals surface area (Å²) in [6.45, 7) is 6.64. The second kappa shape index (κ2) is 16.2. The number of hydrogen-bond acceptors (Lipinski definition) is 10. The van der Waals surface area contributed by atoms with Crippen molar-refractivity contribution in [2.75, 3.05) is 11.1 Å². The van der Waals surface area contributed by atoms with Gasteiger partial charge in [-0.1, -0.05) is 49.7 Å². The summed E-state index contributed by atoms with van der Waals surface area (Å²) in [5.41, 5.74) is 2.58. The maximum atomic E-state index is 13.4. The zero-order valence-electron chi connectivity index (χ0n) is 26.5. The number of carbonyl (C=O) groups excluding carboxylic acids is 1. The van der Waals surface area contributed by atoms with Crippen LogP contribution in [0.3, 0.4) is 0 Å². The maximum absolute atomic E-state index is 13.4. The van der Waals surface area contributed by atoms with E-state index in [1.807, 2.05) is 11.4 Å². The fraction of sp³-hybridized carbons (Fsp3) is 0.281. The molecule has 0 aliphatic rings. The molecule has 2 aromatic heterocycles. The predicted octanol–water partition coefficient (Wildman–Crippen LogP) is 3.43. The minimum Gasteiger partial charge on any atom is -0.486 e. The van der Waals surface area contributed by atoms with Gasteiger partial charge in [-0.3, -0.25) is 4.79 Å². The zero-order chi connectivity index (χ0) is 32.7. The quantitative estimate of drug-likeness (QED) is 0.176. The number of nitrogens with one attached hydrogen (secondary N) is 2. The van der Waals surface area contributed by atoms with Crippen molar-refractivity contribution in [1.82, 2.24) is 25.6 Å². The van der Waals surface area contributed by atoms with E-state index in [1.165, 1.54) is 23.5 Å². The summed E-state index contributed by atoms with van der Waals surface area (Å²) in [7, 11) is -3.48. The molecule has 2 heterocycles. The van der Waals surface area contributed by atoms with Gasteiger partial charge in [-0.2, -0.15) is 5.21 Å². The first-order valence-corrected chi connectivity index (χ1v) is 17.3. The third-order valence-electron chi connectivity index (χ3n) is 6.87. The second-order valence-electron chi connectivity index (χ2n) is 11.5. The topological polar surface area (TPSA) is 149 Å². The molecule has 0 aliphatic carbocycles. The third-order valence-corrected chi connectivity index (χ3v) is 9.76. The number of H-pyrrole nitrogens is 1. The van der Waals surface area contributed by atoms with E-state index in [-0.39, 0.29) is 64.7 Å². The Morgan fingerprint density at radius 3 is 2.51 bits per heavy atom. The van der Waals surface area contributed by atoms with Gasteiger partial charge in [0, 0.05) is 21.4 Å². The van der Waals surface area contributed by atoms with Gasteiger partial charge in [0.25, 0.3) is 5.91 Å². The zero-order valence-corrected chi connectivity index (χ0v) is 30.9. The fourth-order valence-corrected chi connectivity index (χ4v) is 6.73. The molecular formula is C32H33ClN6NaO5S2+. The van der Waals surface area contributed by atoms with Crippen LogP contribution in [0.15, 0.2) is 77.0 Å². The number of ether oxygens (including phenoxy) is 2. The summed E-state index contributed by atoms with van der Waals surface area (Å²) in [6.07, 6.45) is 0.828. The molecule has 0 saturated carbocycles. The van der Waals surface area contributed by atoms with E-state index in [2.05, 4.69) is 51.7 Å². The number of aryl methyl sites for hydroxylation is 1. The van der Waals surface area contributed by atoms with E-state index in [4.69, 9.17) is 21.1 Å². The number of nitrogens with zero attached hydrogens (tertiary/aromatic N) is 4. The SMILES string of the molecule is CC(C)(C)c1csc(COc2cccc(C(=O)Nc3cc(CCCS(=O)(=O)c4ccc(Cl)cc4)ccc3OCc3nn[nH]n3)c2)n1.[Na+]. The molecule has 1 amide bonds. The average Bonchev–Trinajstić information content (AvgIpc) is 3.73. The molecule has 0 atom stereocenters. The number of aromatic amines is 1. The van der Waals surface area contributed by atoms with E-state index >= 15 is 0 Å². The molecule has 0 fully saturated rings. The summed E-state index contributed by atoms with van der Waals surface area (Å²) >= 11 is 7.44. The Morgan fingerprint density at radius 1 is 1.02 bits per heavy atom. The largest absolute Gasteiger partial charge is 1.00 e. The molecule has 11 nitrogen and oxygen atoms in total. The number of aromatic nitrogens is 5. The van der Waals surface area contributed by atoms with Gasteiger partial charge in [0.15, 0.2) is 16.4 Å². The van der Waals surface area contributed by atoms with Crippen molar-refractivity contribution < 1.29 is 52.2 Å². The number of benzene rings is 3. The van der Waals surface area contributed by atoms with Crippen LogP contribution in [0, 0.1) is 0 Å². The summed E-state index contributed by atoms with van der Waals surface area (Å²) in [4.78, 5) is 18.3. The van der Waals surface area contributed by atoms with Gasteiger partial charge < -0.3 is 14.8 Å². The van der Waals surface area contributed by atoms with Gasteiger partial charge in [-0.15, -0.1) is 21.5 Å². The predicted molar refractivity (Wildman–Crippen MR) is 176 cm³/mol. The van der Waals surface area contributed by atoms with Gasteiger partial charge >= 0.3 is 29.6 Å². The van der Waals surface area contributed by atoms with Crippen molar-refractivity contribution in [2.24, 2.45) is 0 Å². The molecule has 0 unspecified atom stereocenters. The van der Waals surface area contributed by atoms with Crippen LogP contribution in [0.4, 0.5) is 5.69 Å². The Bertz CT molecular complexity index is 1900. The Hall–Kier alpha value is -3.33. The number of sulfone groups is 1. The summed E-state index contributed by atoms with van der Waals surface area (Å²) in [6, 6.07) is 18.3. The number of tetrazole rings is 1. The van der Waals surface area contributed by atoms with Crippen LogP contribution < -0.4 is 44.3 Å². The van der Waals surface area contributed by atoms with Crippen LogP contribution >= 0.6 is 22.9 Å². The van der Waals surface area contributed by atoms with Crippen molar-refractivity contribution >= 4 is 44.4 Å². The Kier molecular flexibility index (Phi) is 12.6. The molecule has 5 aromatic rings. The van der Waals surface area contributed by atoms with E-state index in [9.17, 15) is 13.2 Å². The van der Waals surface area contributed by atoms with Crippen molar-refractivity contribution in [1.29, 1.82) is 0 Å². The molecule has 47 heavy (non-hydrogen) atoms. The monoisotopic (exact) mass is 703 g/mol. The van der Waals surface area contributed by atoms with Gasteiger partial charge in [-0.25, -0.2) is 13.4 Å². The van der Waals surface area contributed by atoms with Crippen LogP contribution in [0.25, 0.3) is 0 Å². The molecule has 15 heteroatoms. The van der Waals surface area contributed by atoms with E-state index in [1.54, 1.807) is 48.5 Å². The van der Waals surface area contributed by atoms with Crippen molar-refractivity contribution in [3.8, 4) is 11.5 Å². The number of rotatable bonds is 13. The number of thiazole rings is 1. The van der Waals surface area contributed by atoms with Crippen molar-refractivity contribution in [3.05, 3.63) is 105 Å². The van der Waals surface area contributed by atoms with E-state index in [0.717, 1.165) is 16.3 Å². The third kappa shape index (κ3) is 10.3. The van der Waals surface area contributed by atoms with Gasteiger partial charge in [0.1, 0.15) is 23.1 Å². The number of anilines is 1. The summed E-state index contributed by atoms with van der Waals surface area (Å²) in [5.74, 6) is 0.846. The molecule has 0 aliphatic heterocycles. The van der Waals surface area contributed by atoms with Crippen molar-refractivity contribution in [3.63, 3.8) is 0 Å². The van der Waals surface area contributed by atoms with Gasteiger partial charge in [0.05, 0.1) is 22.0 Å². The normalized spacial score (nSPS) is 11.5. The Labute approximate surface area is 304 Å². The molecule has 5 rings (SSSR count). The van der Waals surface area contributed by atoms with Gasteiger partial charge in [-0.05, 0) is 73.0 Å². The fourth-order valence-electron chi connectivity index (χ4n) is 4.36. The first-order valence-electron chi connectivity index (χ1n) is 14.4. The smallest absolute Gasteiger partial charge is 0.486 e. The summed E-state index contributed by atoms with van der Waals surface area (Å²) in [5, 5.41) is 20.0. The number of amides is 1. The molecule has 0 spiro atoms. The van der Waals surface area contributed by atoms with Crippen LogP contribution in [0.2, 0.25) is 5.02 Å². The number of hydrogen-bond donors (Lipinski definition) is 2.